The van der Waals surface area contributed by atoms with Gasteiger partial charge in [-0.1, -0.05) is 47.5 Å². The van der Waals surface area contributed by atoms with E-state index in [1.54, 1.807) is 12.1 Å². The summed E-state index contributed by atoms with van der Waals surface area (Å²) in [7, 11) is 3.99. The van der Waals surface area contributed by atoms with Gasteiger partial charge in [0.2, 0.25) is 0 Å². The first-order valence-electron chi connectivity index (χ1n) is 9.10. The summed E-state index contributed by atoms with van der Waals surface area (Å²) in [5.41, 5.74) is 1.34. The molecule has 1 aliphatic rings. The van der Waals surface area contributed by atoms with Gasteiger partial charge in [0.25, 0.3) is 0 Å². The standard InChI is InChI=1S/C22H24Cl2FNO/c1-26(2)14-18-5-3-4-16(12-15-6-9-19(23)10-7-15)22(18,27)17-8-11-21(25)20(24)13-17/h6-13,18,27H,3-5,14H2,1-2H3. The zero-order valence-corrected chi connectivity index (χ0v) is 17.1. The van der Waals surface area contributed by atoms with Gasteiger partial charge in [-0.05, 0) is 74.3 Å². The van der Waals surface area contributed by atoms with Crippen molar-refractivity contribution in [2.24, 2.45) is 5.92 Å². The Labute approximate surface area is 170 Å². The highest BCUT2D eigenvalue weighted by molar-refractivity contribution is 6.31. The third-order valence-corrected chi connectivity index (χ3v) is 5.78. The van der Waals surface area contributed by atoms with E-state index in [0.717, 1.165) is 36.9 Å². The maximum atomic E-state index is 13.7. The van der Waals surface area contributed by atoms with Gasteiger partial charge in [-0.2, -0.15) is 0 Å². The van der Waals surface area contributed by atoms with Crippen LogP contribution in [0.1, 0.15) is 30.4 Å². The second kappa shape index (κ2) is 8.32. The molecule has 1 fully saturated rings. The summed E-state index contributed by atoms with van der Waals surface area (Å²) in [5, 5.41) is 12.6. The average molecular weight is 408 g/mol. The van der Waals surface area contributed by atoms with E-state index in [1.807, 2.05) is 44.4 Å². The fourth-order valence-electron chi connectivity index (χ4n) is 3.96. The fourth-order valence-corrected chi connectivity index (χ4v) is 4.27. The van der Waals surface area contributed by atoms with Crippen LogP contribution in [-0.2, 0) is 5.60 Å². The molecule has 0 aromatic heterocycles. The molecule has 0 heterocycles. The lowest BCUT2D eigenvalue weighted by Crippen LogP contribution is -2.44. The van der Waals surface area contributed by atoms with E-state index in [4.69, 9.17) is 23.2 Å². The molecule has 0 spiro atoms. The fraction of sp³-hybridized carbons (Fsp3) is 0.364. The van der Waals surface area contributed by atoms with Crippen molar-refractivity contribution in [1.29, 1.82) is 0 Å². The lowest BCUT2D eigenvalue weighted by Gasteiger charge is -2.44. The molecule has 0 saturated heterocycles. The number of rotatable bonds is 4. The first-order chi connectivity index (χ1) is 12.8. The maximum Gasteiger partial charge on any atom is 0.141 e. The van der Waals surface area contributed by atoms with E-state index in [9.17, 15) is 9.50 Å². The zero-order chi connectivity index (χ0) is 19.6. The molecule has 2 atom stereocenters. The molecular weight excluding hydrogens is 384 g/mol. The molecule has 2 nitrogen and oxygen atoms in total. The van der Waals surface area contributed by atoms with Crippen LogP contribution < -0.4 is 0 Å². The number of halogens is 3. The minimum absolute atomic E-state index is 0.0127. The van der Waals surface area contributed by atoms with Gasteiger partial charge in [-0.25, -0.2) is 4.39 Å². The molecule has 2 unspecified atom stereocenters. The van der Waals surface area contributed by atoms with Crippen LogP contribution in [0.15, 0.2) is 48.0 Å². The monoisotopic (exact) mass is 407 g/mol. The van der Waals surface area contributed by atoms with Gasteiger partial charge in [-0.3, -0.25) is 0 Å². The number of benzene rings is 2. The summed E-state index contributed by atoms with van der Waals surface area (Å²) >= 11 is 12.0. The zero-order valence-electron chi connectivity index (χ0n) is 15.6. The third-order valence-electron chi connectivity index (χ3n) is 5.24. The molecule has 2 aromatic rings. The van der Waals surface area contributed by atoms with Crippen molar-refractivity contribution in [3.8, 4) is 0 Å². The van der Waals surface area contributed by atoms with Crippen LogP contribution in [0.2, 0.25) is 10.0 Å². The Kier molecular flexibility index (Phi) is 6.27. The topological polar surface area (TPSA) is 23.5 Å². The summed E-state index contributed by atoms with van der Waals surface area (Å²) in [4.78, 5) is 2.08. The Morgan fingerprint density at radius 1 is 1.19 bits per heavy atom. The van der Waals surface area contributed by atoms with Crippen LogP contribution in [0.25, 0.3) is 6.08 Å². The Morgan fingerprint density at radius 3 is 2.52 bits per heavy atom. The molecule has 2 aromatic carbocycles. The summed E-state index contributed by atoms with van der Waals surface area (Å²) in [5.74, 6) is -0.492. The highest BCUT2D eigenvalue weighted by Crippen LogP contribution is 2.47. The molecule has 1 aliphatic carbocycles. The highest BCUT2D eigenvalue weighted by atomic mass is 35.5. The smallest absolute Gasteiger partial charge is 0.141 e. The lowest BCUT2D eigenvalue weighted by atomic mass is 9.67. The molecule has 1 N–H and O–H groups in total. The van der Waals surface area contributed by atoms with Crippen molar-refractivity contribution >= 4 is 29.3 Å². The molecular formula is C22H24Cl2FNO. The Morgan fingerprint density at radius 2 is 1.89 bits per heavy atom. The molecule has 5 heteroatoms. The van der Waals surface area contributed by atoms with Crippen LogP contribution in [0, 0.1) is 11.7 Å². The first-order valence-corrected chi connectivity index (χ1v) is 9.85. The average Bonchev–Trinajstić information content (AvgIpc) is 2.62. The summed E-state index contributed by atoms with van der Waals surface area (Å²) in [6, 6.07) is 12.1. The van der Waals surface area contributed by atoms with E-state index >= 15 is 0 Å². The predicted molar refractivity (Wildman–Crippen MR) is 111 cm³/mol. The van der Waals surface area contributed by atoms with Crippen LogP contribution in [0.4, 0.5) is 4.39 Å². The van der Waals surface area contributed by atoms with Crippen molar-refractivity contribution in [1.82, 2.24) is 4.90 Å². The predicted octanol–water partition coefficient (Wildman–Crippen LogP) is 5.77. The Hall–Kier alpha value is -1.39. The van der Waals surface area contributed by atoms with E-state index < -0.39 is 11.4 Å². The number of nitrogens with zero attached hydrogens (tertiary/aromatic N) is 1. The molecule has 144 valence electrons. The van der Waals surface area contributed by atoms with Gasteiger partial charge in [0.1, 0.15) is 11.4 Å². The van der Waals surface area contributed by atoms with E-state index in [1.165, 1.54) is 6.07 Å². The Bertz CT molecular complexity index is 835. The number of aliphatic hydroxyl groups is 1. The van der Waals surface area contributed by atoms with E-state index in [0.29, 0.717) is 10.6 Å². The second-order valence-electron chi connectivity index (χ2n) is 7.47. The van der Waals surface area contributed by atoms with Gasteiger partial charge >= 0.3 is 0 Å². The highest BCUT2D eigenvalue weighted by Gasteiger charge is 2.44. The van der Waals surface area contributed by atoms with Gasteiger partial charge in [0, 0.05) is 17.5 Å². The third kappa shape index (κ3) is 4.38. The maximum absolute atomic E-state index is 13.7. The van der Waals surface area contributed by atoms with Gasteiger partial charge in [0.05, 0.1) is 5.02 Å². The first kappa shape index (κ1) is 20.3. The van der Waals surface area contributed by atoms with Crippen molar-refractivity contribution in [2.75, 3.05) is 20.6 Å². The van der Waals surface area contributed by atoms with Crippen LogP contribution in [0.3, 0.4) is 0 Å². The molecule has 27 heavy (non-hydrogen) atoms. The molecule has 0 amide bonds. The quantitative estimate of drug-likeness (QED) is 0.695. The summed E-state index contributed by atoms with van der Waals surface area (Å²) in [6.45, 7) is 0.726. The van der Waals surface area contributed by atoms with Gasteiger partial charge in [-0.15, -0.1) is 0 Å². The minimum atomic E-state index is -1.19. The van der Waals surface area contributed by atoms with Gasteiger partial charge < -0.3 is 10.0 Å². The summed E-state index contributed by atoms with van der Waals surface area (Å²) in [6.07, 6.45) is 4.68. The lowest BCUT2D eigenvalue weighted by molar-refractivity contribution is -0.0174. The summed E-state index contributed by atoms with van der Waals surface area (Å²) < 4.78 is 13.7. The van der Waals surface area contributed by atoms with Crippen molar-refractivity contribution in [3.05, 3.63) is 75.0 Å². The van der Waals surface area contributed by atoms with Crippen molar-refractivity contribution < 1.29 is 9.50 Å². The normalized spacial score (nSPS) is 24.6. The minimum Gasteiger partial charge on any atom is -0.380 e. The van der Waals surface area contributed by atoms with E-state index in [-0.39, 0.29) is 10.9 Å². The number of hydrogen-bond donors (Lipinski definition) is 1. The van der Waals surface area contributed by atoms with Crippen molar-refractivity contribution in [2.45, 2.75) is 24.9 Å². The van der Waals surface area contributed by atoms with E-state index in [2.05, 4.69) is 4.90 Å². The molecule has 3 rings (SSSR count). The van der Waals surface area contributed by atoms with Crippen LogP contribution >= 0.6 is 23.2 Å². The van der Waals surface area contributed by atoms with Crippen LogP contribution in [0.5, 0.6) is 0 Å². The molecule has 0 radical (unpaired) electrons. The van der Waals surface area contributed by atoms with Gasteiger partial charge in [0.15, 0.2) is 0 Å². The molecule has 0 bridgehead atoms. The Balaban J connectivity index is 2.11. The molecule has 0 aliphatic heterocycles. The molecule has 1 saturated carbocycles. The largest absolute Gasteiger partial charge is 0.380 e. The number of hydrogen-bond acceptors (Lipinski definition) is 2. The second-order valence-corrected chi connectivity index (χ2v) is 8.31. The van der Waals surface area contributed by atoms with Crippen LogP contribution in [-0.4, -0.2) is 30.6 Å². The van der Waals surface area contributed by atoms with Crippen molar-refractivity contribution in [3.63, 3.8) is 0 Å². The SMILES string of the molecule is CN(C)CC1CCCC(=Cc2ccc(Cl)cc2)C1(O)c1ccc(F)c(Cl)c1.